The van der Waals surface area contributed by atoms with Crippen molar-refractivity contribution in [3.05, 3.63) is 77.9 Å². The predicted molar refractivity (Wildman–Crippen MR) is 103 cm³/mol. The number of carbonyl (C=O) groups excluding carboxylic acids is 1. The van der Waals surface area contributed by atoms with Crippen LogP contribution in [0.4, 0.5) is 16.2 Å². The van der Waals surface area contributed by atoms with E-state index in [1.54, 1.807) is 36.4 Å². The number of hydrogen-bond donors (Lipinski definition) is 3. The monoisotopic (exact) mass is 348 g/mol. The molecule has 0 heterocycles. The molecule has 0 fully saturated rings. The Hall–Kier alpha value is -3.47. The molecule has 0 bridgehead atoms. The largest absolute Gasteiger partial charge is 0.508 e. The van der Waals surface area contributed by atoms with E-state index >= 15 is 0 Å². The highest BCUT2D eigenvalue weighted by molar-refractivity contribution is 5.99. The van der Waals surface area contributed by atoms with E-state index in [1.807, 2.05) is 32.0 Å². The van der Waals surface area contributed by atoms with Crippen molar-refractivity contribution < 1.29 is 14.6 Å². The summed E-state index contributed by atoms with van der Waals surface area (Å²) in [6, 6.07) is 19.1. The number of amides is 2. The van der Waals surface area contributed by atoms with Crippen LogP contribution in [0.25, 0.3) is 0 Å². The number of nitrogens with one attached hydrogen (secondary N) is 2. The van der Waals surface area contributed by atoms with Crippen molar-refractivity contribution in [2.75, 3.05) is 10.6 Å². The second-order valence-electron chi connectivity index (χ2n) is 6.02. The molecule has 0 saturated heterocycles. The van der Waals surface area contributed by atoms with Crippen LogP contribution >= 0.6 is 0 Å². The SMILES string of the molecule is Cc1ccc(C)c(Oc2ccc(NC(=O)Nc3ccc(O)cc3)cc2)c1. The molecule has 0 radical (unpaired) electrons. The Kier molecular flexibility index (Phi) is 5.08. The number of phenolic OH excluding ortho intramolecular Hbond substituents is 1. The summed E-state index contributed by atoms with van der Waals surface area (Å²) in [4.78, 5) is 12.0. The van der Waals surface area contributed by atoms with E-state index in [1.165, 1.54) is 12.1 Å². The zero-order valence-corrected chi connectivity index (χ0v) is 14.6. The number of rotatable bonds is 4. The molecule has 0 atom stereocenters. The normalized spacial score (nSPS) is 10.2. The van der Waals surface area contributed by atoms with E-state index in [9.17, 15) is 9.90 Å². The molecule has 0 spiro atoms. The number of aryl methyl sites for hydroxylation is 2. The van der Waals surface area contributed by atoms with Gasteiger partial charge in [-0.05, 0) is 79.6 Å². The van der Waals surface area contributed by atoms with E-state index in [2.05, 4.69) is 10.6 Å². The molecule has 3 aromatic rings. The van der Waals surface area contributed by atoms with Gasteiger partial charge in [-0.3, -0.25) is 0 Å². The van der Waals surface area contributed by atoms with Crippen LogP contribution in [0.3, 0.4) is 0 Å². The van der Waals surface area contributed by atoms with Crippen LogP contribution < -0.4 is 15.4 Å². The van der Waals surface area contributed by atoms with Gasteiger partial charge in [0.15, 0.2) is 0 Å². The highest BCUT2D eigenvalue weighted by Gasteiger charge is 2.05. The number of carbonyl (C=O) groups is 1. The summed E-state index contributed by atoms with van der Waals surface area (Å²) in [5.41, 5.74) is 3.44. The summed E-state index contributed by atoms with van der Waals surface area (Å²) in [6.07, 6.45) is 0. The number of urea groups is 1. The summed E-state index contributed by atoms with van der Waals surface area (Å²) in [5.74, 6) is 1.66. The van der Waals surface area contributed by atoms with E-state index < -0.39 is 0 Å². The highest BCUT2D eigenvalue weighted by Crippen LogP contribution is 2.27. The lowest BCUT2D eigenvalue weighted by molar-refractivity contribution is 0.262. The molecule has 5 nitrogen and oxygen atoms in total. The highest BCUT2D eigenvalue weighted by atomic mass is 16.5. The molecule has 132 valence electrons. The molecular formula is C21H20N2O3. The smallest absolute Gasteiger partial charge is 0.323 e. The van der Waals surface area contributed by atoms with E-state index in [-0.39, 0.29) is 11.8 Å². The Morgan fingerprint density at radius 1 is 0.846 bits per heavy atom. The minimum absolute atomic E-state index is 0.149. The zero-order valence-electron chi connectivity index (χ0n) is 14.6. The molecule has 0 aliphatic heterocycles. The van der Waals surface area contributed by atoms with Gasteiger partial charge in [-0.15, -0.1) is 0 Å². The van der Waals surface area contributed by atoms with E-state index in [0.29, 0.717) is 17.1 Å². The van der Waals surface area contributed by atoms with Crippen molar-refractivity contribution in [2.45, 2.75) is 13.8 Å². The molecule has 2 amide bonds. The number of benzene rings is 3. The lowest BCUT2D eigenvalue weighted by Crippen LogP contribution is -2.19. The quantitative estimate of drug-likeness (QED) is 0.549. The van der Waals surface area contributed by atoms with Gasteiger partial charge in [-0.25, -0.2) is 4.79 Å². The summed E-state index contributed by atoms with van der Waals surface area (Å²) < 4.78 is 5.90. The van der Waals surface area contributed by atoms with Gasteiger partial charge < -0.3 is 20.5 Å². The first-order chi connectivity index (χ1) is 12.5. The van der Waals surface area contributed by atoms with E-state index in [4.69, 9.17) is 4.74 Å². The van der Waals surface area contributed by atoms with Gasteiger partial charge >= 0.3 is 6.03 Å². The first-order valence-electron chi connectivity index (χ1n) is 8.22. The summed E-state index contributed by atoms with van der Waals surface area (Å²) in [6.45, 7) is 4.02. The van der Waals surface area contributed by atoms with Gasteiger partial charge in [-0.2, -0.15) is 0 Å². The molecule has 5 heteroatoms. The zero-order chi connectivity index (χ0) is 18.5. The molecular weight excluding hydrogens is 328 g/mol. The minimum Gasteiger partial charge on any atom is -0.508 e. The van der Waals surface area contributed by atoms with Crippen LogP contribution in [0.5, 0.6) is 17.2 Å². The Morgan fingerprint density at radius 3 is 2.04 bits per heavy atom. The van der Waals surface area contributed by atoms with Crippen molar-refractivity contribution >= 4 is 17.4 Å². The Bertz CT molecular complexity index is 904. The van der Waals surface area contributed by atoms with Crippen LogP contribution in [0.2, 0.25) is 0 Å². The maximum absolute atomic E-state index is 12.0. The summed E-state index contributed by atoms with van der Waals surface area (Å²) >= 11 is 0. The minimum atomic E-state index is -0.362. The van der Waals surface area contributed by atoms with Gasteiger partial charge in [0.25, 0.3) is 0 Å². The Balaban J connectivity index is 1.61. The summed E-state index contributed by atoms with van der Waals surface area (Å²) in [5, 5.41) is 14.7. The molecule has 0 unspecified atom stereocenters. The summed E-state index contributed by atoms with van der Waals surface area (Å²) in [7, 11) is 0. The number of phenols is 1. The molecule has 0 saturated carbocycles. The van der Waals surface area contributed by atoms with Crippen LogP contribution in [-0.4, -0.2) is 11.1 Å². The molecule has 0 aliphatic carbocycles. The fourth-order valence-corrected chi connectivity index (χ4v) is 2.39. The Morgan fingerprint density at radius 2 is 1.42 bits per heavy atom. The maximum atomic E-state index is 12.0. The van der Waals surface area contributed by atoms with Gasteiger partial charge in [0.2, 0.25) is 0 Å². The molecule has 3 N–H and O–H groups in total. The first-order valence-corrected chi connectivity index (χ1v) is 8.22. The van der Waals surface area contributed by atoms with Crippen molar-refractivity contribution in [3.8, 4) is 17.2 Å². The van der Waals surface area contributed by atoms with E-state index in [0.717, 1.165) is 16.9 Å². The van der Waals surface area contributed by atoms with Crippen LogP contribution in [-0.2, 0) is 0 Å². The first kappa shape index (κ1) is 17.4. The second kappa shape index (κ2) is 7.61. The third-order valence-corrected chi connectivity index (χ3v) is 3.81. The maximum Gasteiger partial charge on any atom is 0.323 e. The number of ether oxygens (including phenoxy) is 1. The van der Waals surface area contributed by atoms with Gasteiger partial charge in [0, 0.05) is 11.4 Å². The van der Waals surface area contributed by atoms with Crippen LogP contribution in [0, 0.1) is 13.8 Å². The molecule has 0 aliphatic rings. The van der Waals surface area contributed by atoms with Gasteiger partial charge in [0.1, 0.15) is 17.2 Å². The fourth-order valence-electron chi connectivity index (χ4n) is 2.39. The third-order valence-electron chi connectivity index (χ3n) is 3.81. The average Bonchev–Trinajstić information content (AvgIpc) is 2.62. The predicted octanol–water partition coefficient (Wildman–Crippen LogP) is 5.45. The third kappa shape index (κ3) is 4.54. The number of anilines is 2. The lowest BCUT2D eigenvalue weighted by atomic mass is 10.1. The van der Waals surface area contributed by atoms with Crippen molar-refractivity contribution in [1.29, 1.82) is 0 Å². The van der Waals surface area contributed by atoms with Crippen molar-refractivity contribution in [1.82, 2.24) is 0 Å². The molecule has 26 heavy (non-hydrogen) atoms. The molecule has 3 rings (SSSR count). The van der Waals surface area contributed by atoms with Crippen molar-refractivity contribution in [2.24, 2.45) is 0 Å². The Labute approximate surface area is 152 Å². The fraction of sp³-hybridized carbons (Fsp3) is 0.0952. The second-order valence-corrected chi connectivity index (χ2v) is 6.02. The van der Waals surface area contributed by atoms with Gasteiger partial charge in [0.05, 0.1) is 0 Å². The number of hydrogen-bond acceptors (Lipinski definition) is 3. The van der Waals surface area contributed by atoms with Crippen LogP contribution in [0.15, 0.2) is 66.7 Å². The van der Waals surface area contributed by atoms with Crippen molar-refractivity contribution in [3.63, 3.8) is 0 Å². The number of aromatic hydroxyl groups is 1. The molecule has 3 aromatic carbocycles. The van der Waals surface area contributed by atoms with Crippen LogP contribution in [0.1, 0.15) is 11.1 Å². The standard InChI is InChI=1S/C21H20N2O3/c1-14-3-4-15(2)20(13-14)26-19-11-7-17(8-12-19)23-21(25)22-16-5-9-18(24)10-6-16/h3-13,24H,1-2H3,(H2,22,23,25). The molecule has 0 aromatic heterocycles. The topological polar surface area (TPSA) is 70.6 Å². The average molecular weight is 348 g/mol. The van der Waals surface area contributed by atoms with Gasteiger partial charge in [-0.1, -0.05) is 12.1 Å². The lowest BCUT2D eigenvalue weighted by Gasteiger charge is -2.11.